The first-order valence-corrected chi connectivity index (χ1v) is 14.8. The van der Waals surface area contributed by atoms with Gasteiger partial charge in [0, 0.05) is 62.0 Å². The summed E-state index contributed by atoms with van der Waals surface area (Å²) in [7, 11) is 1.60. The molecule has 45 heavy (non-hydrogen) atoms. The lowest BCUT2D eigenvalue weighted by Crippen LogP contribution is -2.46. The Kier molecular flexibility index (Phi) is 10.2. The van der Waals surface area contributed by atoms with Gasteiger partial charge in [-0.2, -0.15) is 0 Å². The molecule has 0 bridgehead atoms. The largest absolute Gasteiger partial charge is 0.497 e. The van der Waals surface area contributed by atoms with Crippen LogP contribution in [0.25, 0.3) is 0 Å². The van der Waals surface area contributed by atoms with Crippen molar-refractivity contribution in [1.82, 2.24) is 15.1 Å². The fourth-order valence-corrected chi connectivity index (χ4v) is 5.48. The van der Waals surface area contributed by atoms with Gasteiger partial charge in [0.2, 0.25) is 0 Å². The molecule has 5 rings (SSSR count). The van der Waals surface area contributed by atoms with E-state index in [1.165, 1.54) is 36.4 Å². The van der Waals surface area contributed by atoms with Gasteiger partial charge in [-0.3, -0.25) is 24.6 Å². The monoisotopic (exact) mass is 610 g/mol. The number of rotatable bonds is 11. The number of non-ortho nitro benzene ring substituents is 1. The van der Waals surface area contributed by atoms with Crippen LogP contribution in [0.1, 0.15) is 50.2 Å². The number of hydrogen-bond donors (Lipinski definition) is 1. The van der Waals surface area contributed by atoms with E-state index in [9.17, 15) is 24.1 Å². The fraction of sp³-hybridized carbons (Fsp3) is 0.257. The second-order valence-corrected chi connectivity index (χ2v) is 11.1. The average molecular weight is 611 g/mol. The summed E-state index contributed by atoms with van der Waals surface area (Å²) >= 11 is 0. The molecule has 4 aromatic rings. The van der Waals surface area contributed by atoms with Crippen LogP contribution in [-0.2, 0) is 19.6 Å². The number of carbonyl (C=O) groups is 2. The van der Waals surface area contributed by atoms with Crippen LogP contribution in [0.5, 0.6) is 5.75 Å². The van der Waals surface area contributed by atoms with Crippen LogP contribution < -0.4 is 10.1 Å². The molecule has 1 aliphatic rings. The first kappa shape index (κ1) is 31.3. The first-order valence-electron chi connectivity index (χ1n) is 14.8. The summed E-state index contributed by atoms with van der Waals surface area (Å²) in [6.45, 7) is 2.93. The zero-order chi connectivity index (χ0) is 31.8. The molecule has 9 nitrogen and oxygen atoms in total. The summed E-state index contributed by atoms with van der Waals surface area (Å²) in [6.07, 6.45) is 1.48. The van der Waals surface area contributed by atoms with Crippen molar-refractivity contribution in [2.45, 2.75) is 38.5 Å². The van der Waals surface area contributed by atoms with Gasteiger partial charge in [-0.25, -0.2) is 4.39 Å². The Hall–Kier alpha value is -5.09. The maximum Gasteiger partial charge on any atom is 0.269 e. The number of nitro groups is 1. The molecule has 0 spiro atoms. The molecule has 1 aliphatic heterocycles. The number of piperidine rings is 1. The highest BCUT2D eigenvalue weighted by Crippen LogP contribution is 2.24. The van der Waals surface area contributed by atoms with Gasteiger partial charge < -0.3 is 15.0 Å². The van der Waals surface area contributed by atoms with E-state index in [1.54, 1.807) is 31.4 Å². The summed E-state index contributed by atoms with van der Waals surface area (Å²) < 4.78 is 18.5. The smallest absolute Gasteiger partial charge is 0.269 e. The zero-order valence-corrected chi connectivity index (χ0v) is 25.0. The van der Waals surface area contributed by atoms with Crippen molar-refractivity contribution in [3.05, 3.63) is 141 Å². The number of amides is 2. The number of hydrogen-bond acceptors (Lipinski definition) is 6. The number of benzene rings is 4. The second kappa shape index (κ2) is 14.6. The number of nitrogens with zero attached hydrogens (tertiary/aromatic N) is 3. The number of halogens is 1. The predicted octanol–water partition coefficient (Wildman–Crippen LogP) is 5.98. The van der Waals surface area contributed by atoms with Crippen molar-refractivity contribution in [2.24, 2.45) is 0 Å². The van der Waals surface area contributed by atoms with Gasteiger partial charge in [-0.05, 0) is 78.1 Å². The lowest BCUT2D eigenvalue weighted by Gasteiger charge is -2.39. The molecule has 0 aromatic heterocycles. The Morgan fingerprint density at radius 3 is 2.04 bits per heavy atom. The molecule has 0 atom stereocenters. The SMILES string of the molecule is COc1ccc(CNC(=O)c2ccc(CN(C(=O)c3ccc([N+](=O)[O-])cc3)C3CCN(Cc4ccc(F)cc4)CC3)cc2)cc1. The van der Waals surface area contributed by atoms with E-state index in [2.05, 4.69) is 10.2 Å². The quantitative estimate of drug-likeness (QED) is 0.166. The Morgan fingerprint density at radius 2 is 1.44 bits per heavy atom. The third-order valence-electron chi connectivity index (χ3n) is 8.08. The van der Waals surface area contributed by atoms with Gasteiger partial charge >= 0.3 is 0 Å². The third-order valence-corrected chi connectivity index (χ3v) is 8.08. The van der Waals surface area contributed by atoms with Crippen LogP contribution in [0.4, 0.5) is 10.1 Å². The molecule has 0 radical (unpaired) electrons. The van der Waals surface area contributed by atoms with Gasteiger partial charge in [0.1, 0.15) is 11.6 Å². The van der Waals surface area contributed by atoms with Crippen LogP contribution in [0.3, 0.4) is 0 Å². The highest BCUT2D eigenvalue weighted by molar-refractivity contribution is 5.95. The first-order chi connectivity index (χ1) is 21.8. The minimum absolute atomic E-state index is 0.0513. The highest BCUT2D eigenvalue weighted by Gasteiger charge is 2.29. The molecule has 0 aliphatic carbocycles. The minimum atomic E-state index is -0.489. The summed E-state index contributed by atoms with van der Waals surface area (Å²) in [5, 5.41) is 14.1. The van der Waals surface area contributed by atoms with Crippen LogP contribution in [0.2, 0.25) is 0 Å². The van der Waals surface area contributed by atoms with Crippen molar-refractivity contribution < 1.29 is 23.6 Å². The zero-order valence-electron chi connectivity index (χ0n) is 25.0. The van der Waals surface area contributed by atoms with Crippen molar-refractivity contribution in [2.75, 3.05) is 20.2 Å². The van der Waals surface area contributed by atoms with Crippen LogP contribution in [0.15, 0.2) is 97.1 Å². The van der Waals surface area contributed by atoms with Crippen LogP contribution in [0, 0.1) is 15.9 Å². The molecule has 0 unspecified atom stereocenters. The molecular formula is C35H35FN4O5. The molecule has 10 heteroatoms. The number of ether oxygens (including phenoxy) is 1. The Morgan fingerprint density at radius 1 is 0.867 bits per heavy atom. The van der Waals surface area contributed by atoms with E-state index in [4.69, 9.17) is 4.74 Å². The van der Waals surface area contributed by atoms with Crippen LogP contribution in [-0.4, -0.2) is 52.8 Å². The molecule has 4 aromatic carbocycles. The molecule has 1 N–H and O–H groups in total. The van der Waals surface area contributed by atoms with Gasteiger partial charge in [-0.15, -0.1) is 0 Å². The van der Waals surface area contributed by atoms with Crippen molar-refractivity contribution in [3.63, 3.8) is 0 Å². The van der Waals surface area contributed by atoms with E-state index in [0.29, 0.717) is 30.8 Å². The summed E-state index contributed by atoms with van der Waals surface area (Å²) in [4.78, 5) is 41.4. The molecule has 1 heterocycles. The van der Waals surface area contributed by atoms with E-state index >= 15 is 0 Å². The Labute approximate surface area is 261 Å². The van der Waals surface area contributed by atoms with E-state index in [-0.39, 0.29) is 29.4 Å². The van der Waals surface area contributed by atoms with Gasteiger partial charge in [-0.1, -0.05) is 36.4 Å². The molecule has 0 saturated carbocycles. The fourth-order valence-electron chi connectivity index (χ4n) is 5.48. The molecule has 1 fully saturated rings. The molecular weight excluding hydrogens is 575 g/mol. The van der Waals surface area contributed by atoms with Gasteiger partial charge in [0.25, 0.3) is 17.5 Å². The summed E-state index contributed by atoms with van der Waals surface area (Å²) in [5.74, 6) is 0.0744. The molecule has 2 amide bonds. The standard InChI is InChI=1S/C35H35FN4O5/c1-45-33-16-6-25(7-17-33)22-37-34(41)28-8-2-27(3-9-28)24-39(35(42)29-10-14-32(15-11-29)40(43)44)31-18-20-38(21-19-31)23-26-4-12-30(36)13-5-26/h2-17,31H,18-24H2,1H3,(H,37,41). The molecule has 1 saturated heterocycles. The van der Waals surface area contributed by atoms with Gasteiger partial charge in [0.05, 0.1) is 12.0 Å². The van der Waals surface area contributed by atoms with E-state index < -0.39 is 4.92 Å². The Bertz CT molecular complexity index is 1600. The lowest BCUT2D eigenvalue weighted by molar-refractivity contribution is -0.384. The van der Waals surface area contributed by atoms with Crippen LogP contribution >= 0.6 is 0 Å². The van der Waals surface area contributed by atoms with Crippen molar-refractivity contribution in [1.29, 1.82) is 0 Å². The van der Waals surface area contributed by atoms with Gasteiger partial charge in [0.15, 0.2) is 0 Å². The van der Waals surface area contributed by atoms with Crippen molar-refractivity contribution in [3.8, 4) is 5.75 Å². The minimum Gasteiger partial charge on any atom is -0.497 e. The molecule has 232 valence electrons. The number of likely N-dealkylation sites (tertiary alicyclic amines) is 1. The van der Waals surface area contributed by atoms with Crippen molar-refractivity contribution >= 4 is 17.5 Å². The Balaban J connectivity index is 1.26. The summed E-state index contributed by atoms with van der Waals surface area (Å²) in [5.41, 5.74) is 3.66. The number of carbonyl (C=O) groups excluding carboxylic acids is 2. The second-order valence-electron chi connectivity index (χ2n) is 11.1. The summed E-state index contributed by atoms with van der Waals surface area (Å²) in [6, 6.07) is 26.8. The number of methoxy groups -OCH3 is 1. The predicted molar refractivity (Wildman–Crippen MR) is 168 cm³/mol. The lowest BCUT2D eigenvalue weighted by atomic mass is 9.99. The van der Waals surface area contributed by atoms with E-state index in [1.807, 2.05) is 41.3 Å². The third kappa shape index (κ3) is 8.30. The number of nitro benzene ring substituents is 1. The van der Waals surface area contributed by atoms with E-state index in [0.717, 1.165) is 48.4 Å². The normalized spacial score (nSPS) is 13.6. The highest BCUT2D eigenvalue weighted by atomic mass is 19.1. The maximum absolute atomic E-state index is 13.8. The topological polar surface area (TPSA) is 105 Å². The average Bonchev–Trinajstić information content (AvgIpc) is 3.08. The number of nitrogens with one attached hydrogen (secondary N) is 1. The maximum atomic E-state index is 13.8.